The standard InChI is InChI=1S/C32H40N2O8/c1-21(2)9-14-40-24-7-5-22(19-26(24)38-3)29-28(30(35)23-6-8-25-27(20-23)42-18-17-41-25)31(36)32(37)34(29)11-4-10-33-12-15-39-16-13-33/h5-8,19-21,29,35H,4,9-18H2,1-3H3/b30-28+. The number of aliphatic hydroxyl groups is 1. The lowest BCUT2D eigenvalue weighted by Crippen LogP contribution is -2.39. The van der Waals surface area contributed by atoms with Crippen LogP contribution in [0.1, 0.15) is 43.9 Å². The molecule has 2 aromatic rings. The number of fused-ring (bicyclic) bond motifs is 1. The second-order valence-corrected chi connectivity index (χ2v) is 11.1. The first-order valence-electron chi connectivity index (χ1n) is 14.7. The molecule has 1 unspecified atom stereocenters. The zero-order valence-electron chi connectivity index (χ0n) is 24.6. The number of ketones is 1. The molecule has 3 aliphatic heterocycles. The van der Waals surface area contributed by atoms with E-state index in [0.717, 1.165) is 26.1 Å². The molecule has 10 heteroatoms. The van der Waals surface area contributed by atoms with Crippen LogP contribution in [0.4, 0.5) is 0 Å². The molecule has 3 aliphatic rings. The molecular formula is C32H40N2O8. The average molecular weight is 581 g/mol. The van der Waals surface area contributed by atoms with Gasteiger partial charge in [0, 0.05) is 31.7 Å². The van der Waals surface area contributed by atoms with Gasteiger partial charge >= 0.3 is 0 Å². The summed E-state index contributed by atoms with van der Waals surface area (Å²) in [5, 5.41) is 11.5. The average Bonchev–Trinajstić information content (AvgIpc) is 3.26. The summed E-state index contributed by atoms with van der Waals surface area (Å²) in [5.74, 6) is 0.983. The minimum Gasteiger partial charge on any atom is -0.507 e. The maximum atomic E-state index is 13.5. The van der Waals surface area contributed by atoms with Crippen LogP contribution in [0.25, 0.3) is 5.76 Å². The topological polar surface area (TPSA) is 107 Å². The first kappa shape index (κ1) is 29.7. The summed E-state index contributed by atoms with van der Waals surface area (Å²) >= 11 is 0. The quantitative estimate of drug-likeness (QED) is 0.239. The summed E-state index contributed by atoms with van der Waals surface area (Å²) in [6.07, 6.45) is 1.56. The lowest BCUT2D eigenvalue weighted by molar-refractivity contribution is -0.140. The number of carbonyl (C=O) groups is 2. The third-order valence-electron chi connectivity index (χ3n) is 7.79. The molecule has 5 rings (SSSR count). The molecule has 0 aromatic heterocycles. The molecule has 0 spiro atoms. The third kappa shape index (κ3) is 6.50. The first-order chi connectivity index (χ1) is 20.4. The highest BCUT2D eigenvalue weighted by Crippen LogP contribution is 2.43. The molecule has 1 amide bonds. The highest BCUT2D eigenvalue weighted by molar-refractivity contribution is 6.46. The maximum Gasteiger partial charge on any atom is 0.295 e. The molecule has 2 fully saturated rings. The van der Waals surface area contributed by atoms with Crippen molar-refractivity contribution in [3.8, 4) is 23.0 Å². The van der Waals surface area contributed by atoms with Crippen molar-refractivity contribution in [2.24, 2.45) is 5.92 Å². The van der Waals surface area contributed by atoms with Crippen molar-refractivity contribution in [2.75, 3.05) is 66.3 Å². The van der Waals surface area contributed by atoms with Crippen LogP contribution in [0.2, 0.25) is 0 Å². The van der Waals surface area contributed by atoms with Gasteiger partial charge in [0.25, 0.3) is 11.7 Å². The van der Waals surface area contributed by atoms with E-state index in [-0.39, 0.29) is 11.3 Å². The number of likely N-dealkylation sites (tertiary alicyclic amines) is 1. The van der Waals surface area contributed by atoms with Crippen molar-refractivity contribution in [2.45, 2.75) is 32.7 Å². The highest BCUT2D eigenvalue weighted by Gasteiger charge is 2.46. The predicted molar refractivity (Wildman–Crippen MR) is 156 cm³/mol. The van der Waals surface area contributed by atoms with E-state index in [1.807, 2.05) is 6.07 Å². The van der Waals surface area contributed by atoms with Crippen LogP contribution in [-0.2, 0) is 14.3 Å². The van der Waals surface area contributed by atoms with Crippen molar-refractivity contribution < 1.29 is 38.4 Å². The Morgan fingerprint density at radius 2 is 1.74 bits per heavy atom. The monoisotopic (exact) mass is 580 g/mol. The van der Waals surface area contributed by atoms with Crippen LogP contribution >= 0.6 is 0 Å². The lowest BCUT2D eigenvalue weighted by atomic mass is 9.94. The van der Waals surface area contributed by atoms with Crippen LogP contribution < -0.4 is 18.9 Å². The Kier molecular flexibility index (Phi) is 9.54. The fourth-order valence-corrected chi connectivity index (χ4v) is 5.47. The van der Waals surface area contributed by atoms with Gasteiger partial charge in [0.1, 0.15) is 19.0 Å². The summed E-state index contributed by atoms with van der Waals surface area (Å²) in [5.41, 5.74) is 1.04. The minimum atomic E-state index is -0.804. The van der Waals surface area contributed by atoms with Crippen LogP contribution in [0.3, 0.4) is 0 Å². The summed E-state index contributed by atoms with van der Waals surface area (Å²) in [6, 6.07) is 9.61. The number of Topliss-reactive ketones (excluding diaryl/α,β-unsaturated/α-hetero) is 1. The number of morpholine rings is 1. The largest absolute Gasteiger partial charge is 0.507 e. The number of rotatable bonds is 11. The smallest absolute Gasteiger partial charge is 0.295 e. The zero-order valence-corrected chi connectivity index (χ0v) is 24.6. The van der Waals surface area contributed by atoms with Crippen molar-refractivity contribution in [1.82, 2.24) is 9.80 Å². The van der Waals surface area contributed by atoms with E-state index in [9.17, 15) is 14.7 Å². The van der Waals surface area contributed by atoms with Crippen molar-refractivity contribution in [3.63, 3.8) is 0 Å². The Balaban J connectivity index is 1.49. The molecule has 1 N–H and O–H groups in total. The summed E-state index contributed by atoms with van der Waals surface area (Å²) in [7, 11) is 1.56. The fourth-order valence-electron chi connectivity index (χ4n) is 5.47. The van der Waals surface area contributed by atoms with E-state index < -0.39 is 17.7 Å². The Labute approximate surface area is 246 Å². The predicted octanol–water partition coefficient (Wildman–Crippen LogP) is 4.04. The Hall–Kier alpha value is -3.76. The fraction of sp³-hybridized carbons (Fsp3) is 0.500. The number of carbonyl (C=O) groups excluding carboxylic acids is 2. The number of benzene rings is 2. The Morgan fingerprint density at radius 3 is 2.48 bits per heavy atom. The van der Waals surface area contributed by atoms with E-state index in [2.05, 4.69) is 18.7 Å². The van der Waals surface area contributed by atoms with Gasteiger partial charge < -0.3 is 33.7 Å². The van der Waals surface area contributed by atoms with Gasteiger partial charge in [-0.1, -0.05) is 19.9 Å². The second-order valence-electron chi connectivity index (χ2n) is 11.1. The minimum absolute atomic E-state index is 0.0265. The maximum absolute atomic E-state index is 13.5. The molecule has 2 aromatic carbocycles. The molecule has 10 nitrogen and oxygen atoms in total. The van der Waals surface area contributed by atoms with E-state index >= 15 is 0 Å². The third-order valence-corrected chi connectivity index (χ3v) is 7.79. The van der Waals surface area contributed by atoms with Crippen molar-refractivity contribution in [1.29, 1.82) is 0 Å². The van der Waals surface area contributed by atoms with E-state index in [1.165, 1.54) is 0 Å². The van der Waals surface area contributed by atoms with E-state index in [1.54, 1.807) is 42.3 Å². The van der Waals surface area contributed by atoms with Gasteiger partial charge in [0.2, 0.25) is 0 Å². The molecule has 0 saturated carbocycles. The SMILES string of the molecule is COc1cc(C2/C(=C(\O)c3ccc4c(c3)OCCO4)C(=O)C(=O)N2CCCN2CCOCC2)ccc1OCCC(C)C. The number of ether oxygens (including phenoxy) is 5. The number of nitrogens with zero attached hydrogens (tertiary/aromatic N) is 2. The summed E-state index contributed by atoms with van der Waals surface area (Å²) in [4.78, 5) is 30.9. The second kappa shape index (κ2) is 13.5. The summed E-state index contributed by atoms with van der Waals surface area (Å²) in [6.45, 7) is 9.79. The van der Waals surface area contributed by atoms with Crippen LogP contribution in [0, 0.1) is 5.92 Å². The molecule has 2 saturated heterocycles. The molecule has 0 radical (unpaired) electrons. The molecular weight excluding hydrogens is 540 g/mol. The number of aliphatic hydroxyl groups excluding tert-OH is 1. The van der Waals surface area contributed by atoms with Gasteiger partial charge in [0.15, 0.2) is 23.0 Å². The highest BCUT2D eigenvalue weighted by atomic mass is 16.6. The van der Waals surface area contributed by atoms with Crippen LogP contribution in [0.15, 0.2) is 42.0 Å². The van der Waals surface area contributed by atoms with Crippen molar-refractivity contribution >= 4 is 17.4 Å². The zero-order chi connectivity index (χ0) is 29.6. The van der Waals surface area contributed by atoms with Gasteiger partial charge in [0.05, 0.1) is 38.5 Å². The molecule has 3 heterocycles. The van der Waals surface area contributed by atoms with Gasteiger partial charge in [-0.15, -0.1) is 0 Å². The molecule has 0 bridgehead atoms. The molecule has 226 valence electrons. The molecule has 1 atom stereocenters. The van der Waals surface area contributed by atoms with Gasteiger partial charge in [-0.2, -0.15) is 0 Å². The Morgan fingerprint density at radius 1 is 0.976 bits per heavy atom. The van der Waals surface area contributed by atoms with E-state index in [0.29, 0.717) is 86.0 Å². The Bertz CT molecular complexity index is 1320. The normalized spacial score (nSPS) is 20.3. The van der Waals surface area contributed by atoms with Crippen molar-refractivity contribution in [3.05, 3.63) is 53.1 Å². The van der Waals surface area contributed by atoms with E-state index in [4.69, 9.17) is 23.7 Å². The van der Waals surface area contributed by atoms with Gasteiger partial charge in [-0.25, -0.2) is 0 Å². The molecule has 42 heavy (non-hydrogen) atoms. The molecule has 0 aliphatic carbocycles. The van der Waals surface area contributed by atoms with Gasteiger partial charge in [-0.05, 0) is 54.7 Å². The number of methoxy groups -OCH3 is 1. The van der Waals surface area contributed by atoms with Gasteiger partial charge in [-0.3, -0.25) is 14.5 Å². The number of hydrogen-bond donors (Lipinski definition) is 1. The number of hydrogen-bond acceptors (Lipinski definition) is 9. The number of amides is 1. The first-order valence-corrected chi connectivity index (χ1v) is 14.7. The summed E-state index contributed by atoms with van der Waals surface area (Å²) < 4.78 is 28.4. The van der Waals surface area contributed by atoms with Crippen LogP contribution in [-0.4, -0.2) is 92.9 Å². The van der Waals surface area contributed by atoms with Crippen LogP contribution in [0.5, 0.6) is 23.0 Å². The lowest BCUT2D eigenvalue weighted by Gasteiger charge is -2.29.